The molecule has 0 saturated heterocycles. The van der Waals surface area contributed by atoms with Gasteiger partial charge in [-0.15, -0.1) is 0 Å². The number of aromatic nitrogens is 2. The summed E-state index contributed by atoms with van der Waals surface area (Å²) in [6, 6.07) is 8.01. The lowest BCUT2D eigenvalue weighted by Crippen LogP contribution is -2.29. The van der Waals surface area contributed by atoms with E-state index in [2.05, 4.69) is 20.0 Å². The predicted octanol–water partition coefficient (Wildman–Crippen LogP) is 1.27. The van der Waals surface area contributed by atoms with Crippen LogP contribution in [0.3, 0.4) is 0 Å². The van der Waals surface area contributed by atoms with Crippen molar-refractivity contribution in [2.24, 2.45) is 0 Å². The Bertz CT molecular complexity index is 761. The van der Waals surface area contributed by atoms with Crippen molar-refractivity contribution in [1.82, 2.24) is 20.0 Å². The number of nitrogens with one attached hydrogen (secondary N) is 2. The van der Waals surface area contributed by atoms with Crippen LogP contribution >= 0.6 is 0 Å². The minimum absolute atomic E-state index is 0.131. The van der Waals surface area contributed by atoms with E-state index >= 15 is 0 Å². The Hall–Kier alpha value is -2.32. The minimum Gasteiger partial charge on any atom is -0.344 e. The van der Waals surface area contributed by atoms with Crippen LogP contribution in [0.25, 0.3) is 0 Å². The smallest absolute Gasteiger partial charge is 0.257 e. The van der Waals surface area contributed by atoms with E-state index in [1.54, 1.807) is 6.20 Å². The average molecular weight is 334 g/mol. The molecule has 0 spiro atoms. The lowest BCUT2D eigenvalue weighted by Gasteiger charge is -2.16. The van der Waals surface area contributed by atoms with Crippen molar-refractivity contribution >= 4 is 15.9 Å². The molecule has 0 fully saturated rings. The van der Waals surface area contributed by atoms with Gasteiger partial charge in [-0.05, 0) is 37.7 Å². The van der Waals surface area contributed by atoms with Gasteiger partial charge in [-0.25, -0.2) is 18.1 Å². The van der Waals surface area contributed by atoms with Crippen molar-refractivity contribution in [2.45, 2.75) is 24.4 Å². The number of nitrogens with zero attached hydrogens (tertiary/aromatic N) is 2. The summed E-state index contributed by atoms with van der Waals surface area (Å²) in [5, 5.41) is 2.73. The molecule has 0 radical (unpaired) electrons. The molecule has 7 nitrogen and oxygen atoms in total. The van der Waals surface area contributed by atoms with Crippen molar-refractivity contribution in [3.63, 3.8) is 0 Å². The molecule has 0 aliphatic rings. The quantitative estimate of drug-likeness (QED) is 0.828. The van der Waals surface area contributed by atoms with Gasteiger partial charge in [-0.2, -0.15) is 0 Å². The average Bonchev–Trinajstić information content (AvgIpc) is 2.60. The zero-order valence-electron chi connectivity index (χ0n) is 12.9. The molecule has 0 aromatic carbocycles. The maximum Gasteiger partial charge on any atom is 0.257 e. The molecule has 1 atom stereocenters. The third-order valence-corrected chi connectivity index (χ3v) is 4.63. The third-order valence-electron chi connectivity index (χ3n) is 3.30. The summed E-state index contributed by atoms with van der Waals surface area (Å²) in [4.78, 5) is 20.3. The van der Waals surface area contributed by atoms with Crippen LogP contribution < -0.4 is 10.0 Å². The second kappa shape index (κ2) is 7.30. The Balaban J connectivity index is 2.14. The van der Waals surface area contributed by atoms with E-state index in [0.29, 0.717) is 6.42 Å². The molecule has 0 bridgehead atoms. The summed E-state index contributed by atoms with van der Waals surface area (Å²) >= 11 is 0. The topological polar surface area (TPSA) is 101 Å². The Labute approximate surface area is 135 Å². The van der Waals surface area contributed by atoms with Crippen LogP contribution in [0.15, 0.2) is 47.8 Å². The third kappa shape index (κ3) is 4.11. The summed E-state index contributed by atoms with van der Waals surface area (Å²) in [5.74, 6) is -0.330. The molecule has 2 heterocycles. The second-order valence-electron chi connectivity index (χ2n) is 4.78. The van der Waals surface area contributed by atoms with Gasteiger partial charge < -0.3 is 5.32 Å². The van der Waals surface area contributed by atoms with Crippen LogP contribution in [-0.2, 0) is 10.0 Å². The molecular weight excluding hydrogens is 316 g/mol. The lowest BCUT2D eigenvalue weighted by molar-refractivity contribution is 0.0934. The highest BCUT2D eigenvalue weighted by Crippen LogP contribution is 2.14. The fraction of sp³-hybridized carbons (Fsp3) is 0.267. The van der Waals surface area contributed by atoms with Gasteiger partial charge in [0.15, 0.2) is 5.03 Å². The Morgan fingerprint density at radius 1 is 1.22 bits per heavy atom. The fourth-order valence-corrected chi connectivity index (χ4v) is 2.63. The molecule has 0 aliphatic carbocycles. The first-order chi connectivity index (χ1) is 11.0. The molecule has 2 aromatic rings. The van der Waals surface area contributed by atoms with Gasteiger partial charge in [-0.1, -0.05) is 13.0 Å². The van der Waals surface area contributed by atoms with E-state index in [1.165, 1.54) is 25.4 Å². The van der Waals surface area contributed by atoms with Gasteiger partial charge in [0.1, 0.15) is 0 Å². The standard InChI is InChI=1S/C15H18N4O3S/c1-3-12(13-6-4-5-9-17-13)19-15(20)11-7-8-14(18-10-11)23(21,22)16-2/h4-10,12,16H,3H2,1-2H3,(H,19,20)/t12-/m1/s1. The van der Waals surface area contributed by atoms with E-state index in [0.717, 1.165) is 5.69 Å². The molecule has 1 amide bonds. The van der Waals surface area contributed by atoms with Crippen LogP contribution in [0.4, 0.5) is 0 Å². The van der Waals surface area contributed by atoms with Crippen LogP contribution in [0, 0.1) is 0 Å². The first-order valence-corrected chi connectivity index (χ1v) is 8.57. The number of carbonyl (C=O) groups is 1. The van der Waals surface area contributed by atoms with Crippen molar-refractivity contribution < 1.29 is 13.2 Å². The highest BCUT2D eigenvalue weighted by Gasteiger charge is 2.17. The number of hydrogen-bond donors (Lipinski definition) is 2. The van der Waals surface area contributed by atoms with Gasteiger partial charge in [0, 0.05) is 12.4 Å². The molecule has 0 unspecified atom stereocenters. The fourth-order valence-electron chi connectivity index (χ4n) is 1.99. The highest BCUT2D eigenvalue weighted by molar-refractivity contribution is 7.89. The maximum absolute atomic E-state index is 12.3. The Morgan fingerprint density at radius 3 is 2.52 bits per heavy atom. The zero-order chi connectivity index (χ0) is 16.9. The zero-order valence-corrected chi connectivity index (χ0v) is 13.7. The Kier molecular flexibility index (Phi) is 5.41. The van der Waals surface area contributed by atoms with Crippen molar-refractivity contribution in [3.8, 4) is 0 Å². The van der Waals surface area contributed by atoms with Gasteiger partial charge in [0.05, 0.1) is 17.3 Å². The monoisotopic (exact) mass is 334 g/mol. The van der Waals surface area contributed by atoms with Crippen molar-refractivity contribution in [1.29, 1.82) is 0 Å². The summed E-state index contributed by atoms with van der Waals surface area (Å²) in [7, 11) is -2.31. The Morgan fingerprint density at radius 2 is 2.00 bits per heavy atom. The van der Waals surface area contributed by atoms with Crippen LogP contribution in [0.1, 0.15) is 35.4 Å². The summed E-state index contributed by atoms with van der Waals surface area (Å²) < 4.78 is 25.4. The number of sulfonamides is 1. The normalized spacial score (nSPS) is 12.6. The van der Waals surface area contributed by atoms with E-state index in [1.807, 2.05) is 25.1 Å². The summed E-state index contributed by atoms with van der Waals surface area (Å²) in [6.07, 6.45) is 3.59. The highest BCUT2D eigenvalue weighted by atomic mass is 32.2. The molecule has 0 saturated carbocycles. The predicted molar refractivity (Wildman–Crippen MR) is 85.2 cm³/mol. The number of pyridine rings is 2. The van der Waals surface area contributed by atoms with E-state index < -0.39 is 10.0 Å². The maximum atomic E-state index is 12.3. The van der Waals surface area contributed by atoms with Crippen LogP contribution in [-0.4, -0.2) is 31.3 Å². The first kappa shape index (κ1) is 17.0. The number of carbonyl (C=O) groups excluding carboxylic acids is 1. The van der Waals surface area contributed by atoms with Gasteiger partial charge in [-0.3, -0.25) is 9.78 Å². The summed E-state index contributed by atoms with van der Waals surface area (Å²) in [5.41, 5.74) is 1.06. The molecule has 2 N–H and O–H groups in total. The van der Waals surface area contributed by atoms with Gasteiger partial charge in [0.25, 0.3) is 15.9 Å². The minimum atomic E-state index is -3.61. The molecule has 8 heteroatoms. The van der Waals surface area contributed by atoms with E-state index in [9.17, 15) is 13.2 Å². The largest absolute Gasteiger partial charge is 0.344 e. The number of hydrogen-bond acceptors (Lipinski definition) is 5. The molecular formula is C15H18N4O3S. The SMILES string of the molecule is CC[C@@H](NC(=O)c1ccc(S(=O)(=O)NC)nc1)c1ccccn1. The van der Waals surface area contributed by atoms with Crippen LogP contribution in [0.2, 0.25) is 0 Å². The van der Waals surface area contributed by atoms with E-state index in [-0.39, 0.29) is 22.5 Å². The van der Waals surface area contributed by atoms with Crippen molar-refractivity contribution in [2.75, 3.05) is 7.05 Å². The second-order valence-corrected chi connectivity index (χ2v) is 6.61. The van der Waals surface area contributed by atoms with Crippen LogP contribution in [0.5, 0.6) is 0 Å². The molecule has 0 aliphatic heterocycles. The van der Waals surface area contributed by atoms with Crippen molar-refractivity contribution in [3.05, 3.63) is 54.0 Å². The number of rotatable bonds is 6. The molecule has 2 rings (SSSR count). The molecule has 23 heavy (non-hydrogen) atoms. The lowest BCUT2D eigenvalue weighted by atomic mass is 10.1. The van der Waals surface area contributed by atoms with Gasteiger partial charge in [0.2, 0.25) is 0 Å². The van der Waals surface area contributed by atoms with E-state index in [4.69, 9.17) is 0 Å². The first-order valence-electron chi connectivity index (χ1n) is 7.09. The summed E-state index contributed by atoms with van der Waals surface area (Å²) in [6.45, 7) is 1.94. The number of amides is 1. The molecule has 122 valence electrons. The van der Waals surface area contributed by atoms with Gasteiger partial charge >= 0.3 is 0 Å². The molecule has 2 aromatic heterocycles.